The molecule has 0 atom stereocenters. The van der Waals surface area contributed by atoms with Crippen LogP contribution in [0.2, 0.25) is 10.0 Å². The summed E-state index contributed by atoms with van der Waals surface area (Å²) >= 11 is 11.6. The quantitative estimate of drug-likeness (QED) is 0.891. The Balaban J connectivity index is 2.71. The van der Waals surface area contributed by atoms with Gasteiger partial charge in [0.15, 0.2) is 0 Å². The Morgan fingerprint density at radius 2 is 1.89 bits per heavy atom. The number of hydrogen-bond acceptors (Lipinski definition) is 2. The Kier molecular flexibility index (Phi) is 4.96. The van der Waals surface area contributed by atoms with Gasteiger partial charge in [0.1, 0.15) is 5.82 Å². The van der Waals surface area contributed by atoms with Gasteiger partial charge >= 0.3 is 0 Å². The number of amides is 1. The SMILES string of the molecule is CC(C)(N)CCC(=O)Nc1c(Cl)cc(F)cc1Cl. The summed E-state index contributed by atoms with van der Waals surface area (Å²) in [6.45, 7) is 3.66. The van der Waals surface area contributed by atoms with Crippen LogP contribution in [0, 0.1) is 5.82 Å². The average molecular weight is 293 g/mol. The van der Waals surface area contributed by atoms with Crippen molar-refractivity contribution in [3.8, 4) is 0 Å². The van der Waals surface area contributed by atoms with Crippen LogP contribution in [-0.4, -0.2) is 11.4 Å². The van der Waals surface area contributed by atoms with Crippen LogP contribution in [-0.2, 0) is 4.79 Å². The zero-order valence-corrected chi connectivity index (χ0v) is 11.7. The molecule has 0 spiro atoms. The second-order valence-electron chi connectivity index (χ2n) is 4.78. The molecular formula is C12H15Cl2FN2O. The zero-order valence-electron chi connectivity index (χ0n) is 10.2. The molecule has 3 N–H and O–H groups in total. The van der Waals surface area contributed by atoms with Gasteiger partial charge in [-0.2, -0.15) is 0 Å². The number of carbonyl (C=O) groups excluding carboxylic acids is 1. The third-order valence-corrected chi connectivity index (χ3v) is 2.86. The Hall–Kier alpha value is -0.840. The van der Waals surface area contributed by atoms with Crippen molar-refractivity contribution in [1.29, 1.82) is 0 Å². The Morgan fingerprint density at radius 1 is 1.39 bits per heavy atom. The molecule has 0 aliphatic carbocycles. The first-order valence-corrected chi connectivity index (χ1v) is 6.18. The lowest BCUT2D eigenvalue weighted by atomic mass is 10.00. The fraction of sp³-hybridized carbons (Fsp3) is 0.417. The number of anilines is 1. The van der Waals surface area contributed by atoms with Crippen LogP contribution in [0.5, 0.6) is 0 Å². The lowest BCUT2D eigenvalue weighted by Crippen LogP contribution is -2.33. The number of rotatable bonds is 4. The summed E-state index contributed by atoms with van der Waals surface area (Å²) in [4.78, 5) is 11.7. The molecule has 0 bridgehead atoms. The van der Waals surface area contributed by atoms with Crippen molar-refractivity contribution >= 4 is 34.8 Å². The van der Waals surface area contributed by atoms with E-state index in [1.54, 1.807) is 0 Å². The van der Waals surface area contributed by atoms with Crippen molar-refractivity contribution in [1.82, 2.24) is 0 Å². The van der Waals surface area contributed by atoms with E-state index >= 15 is 0 Å². The fourth-order valence-electron chi connectivity index (χ4n) is 1.30. The smallest absolute Gasteiger partial charge is 0.224 e. The second kappa shape index (κ2) is 5.87. The predicted molar refractivity (Wildman–Crippen MR) is 72.6 cm³/mol. The van der Waals surface area contributed by atoms with Crippen molar-refractivity contribution in [2.24, 2.45) is 5.73 Å². The zero-order chi connectivity index (χ0) is 13.9. The average Bonchev–Trinajstić information content (AvgIpc) is 2.19. The summed E-state index contributed by atoms with van der Waals surface area (Å²) in [6, 6.07) is 2.19. The number of halogens is 3. The highest BCUT2D eigenvalue weighted by atomic mass is 35.5. The van der Waals surface area contributed by atoms with E-state index < -0.39 is 11.4 Å². The van der Waals surface area contributed by atoms with Crippen LogP contribution in [0.25, 0.3) is 0 Å². The third kappa shape index (κ3) is 4.80. The summed E-state index contributed by atoms with van der Waals surface area (Å²) < 4.78 is 13.0. The van der Waals surface area contributed by atoms with Gasteiger partial charge < -0.3 is 11.1 Å². The van der Waals surface area contributed by atoms with E-state index in [4.69, 9.17) is 28.9 Å². The highest BCUT2D eigenvalue weighted by molar-refractivity contribution is 6.39. The molecule has 0 saturated heterocycles. The molecule has 0 aliphatic rings. The number of hydrogen-bond donors (Lipinski definition) is 2. The van der Waals surface area contributed by atoms with Crippen LogP contribution < -0.4 is 11.1 Å². The molecule has 0 heterocycles. The molecule has 1 amide bonds. The van der Waals surface area contributed by atoms with Gasteiger partial charge in [-0.3, -0.25) is 4.79 Å². The summed E-state index contributed by atoms with van der Waals surface area (Å²) in [5.41, 5.74) is 5.57. The van der Waals surface area contributed by atoms with E-state index in [9.17, 15) is 9.18 Å². The van der Waals surface area contributed by atoms with Crippen LogP contribution in [0.1, 0.15) is 26.7 Å². The molecular weight excluding hydrogens is 278 g/mol. The van der Waals surface area contributed by atoms with E-state index in [0.717, 1.165) is 12.1 Å². The minimum atomic E-state index is -0.550. The van der Waals surface area contributed by atoms with Gasteiger partial charge in [0.05, 0.1) is 15.7 Å². The van der Waals surface area contributed by atoms with E-state index in [1.165, 1.54) is 0 Å². The lowest BCUT2D eigenvalue weighted by Gasteiger charge is -2.18. The number of nitrogens with two attached hydrogens (primary N) is 1. The van der Waals surface area contributed by atoms with E-state index in [-0.39, 0.29) is 28.1 Å². The van der Waals surface area contributed by atoms with Crippen molar-refractivity contribution < 1.29 is 9.18 Å². The minimum Gasteiger partial charge on any atom is -0.326 e. The first kappa shape index (κ1) is 15.2. The summed E-state index contributed by atoms with van der Waals surface area (Å²) in [7, 11) is 0. The normalized spacial score (nSPS) is 11.4. The fourth-order valence-corrected chi connectivity index (χ4v) is 1.85. The topological polar surface area (TPSA) is 55.1 Å². The first-order valence-electron chi connectivity index (χ1n) is 5.42. The highest BCUT2D eigenvalue weighted by Crippen LogP contribution is 2.31. The van der Waals surface area contributed by atoms with E-state index in [1.807, 2.05) is 13.8 Å². The van der Waals surface area contributed by atoms with Gasteiger partial charge in [-0.1, -0.05) is 23.2 Å². The van der Waals surface area contributed by atoms with Crippen molar-refractivity contribution in [3.05, 3.63) is 28.0 Å². The first-order chi connectivity index (χ1) is 8.19. The van der Waals surface area contributed by atoms with E-state index in [2.05, 4.69) is 5.32 Å². The molecule has 0 radical (unpaired) electrons. The molecule has 6 heteroatoms. The molecule has 100 valence electrons. The molecule has 0 saturated carbocycles. The maximum atomic E-state index is 13.0. The van der Waals surface area contributed by atoms with Gasteiger partial charge in [-0.15, -0.1) is 0 Å². The van der Waals surface area contributed by atoms with Gasteiger partial charge in [-0.05, 0) is 32.4 Å². The molecule has 1 aromatic carbocycles. The van der Waals surface area contributed by atoms with Crippen molar-refractivity contribution in [2.75, 3.05) is 5.32 Å². The molecule has 0 aliphatic heterocycles. The number of carbonyl (C=O) groups is 1. The van der Waals surface area contributed by atoms with E-state index in [0.29, 0.717) is 6.42 Å². The largest absolute Gasteiger partial charge is 0.326 e. The molecule has 1 aromatic rings. The lowest BCUT2D eigenvalue weighted by molar-refractivity contribution is -0.116. The van der Waals surface area contributed by atoms with Crippen molar-refractivity contribution in [2.45, 2.75) is 32.2 Å². The second-order valence-corrected chi connectivity index (χ2v) is 5.60. The summed E-state index contributed by atoms with van der Waals surface area (Å²) in [5, 5.41) is 2.69. The van der Waals surface area contributed by atoms with Crippen LogP contribution in [0.15, 0.2) is 12.1 Å². The number of nitrogens with one attached hydrogen (secondary N) is 1. The Labute approximate surface area is 115 Å². The highest BCUT2D eigenvalue weighted by Gasteiger charge is 2.15. The van der Waals surface area contributed by atoms with Crippen LogP contribution >= 0.6 is 23.2 Å². The predicted octanol–water partition coefficient (Wildman–Crippen LogP) is 3.59. The van der Waals surface area contributed by atoms with Gasteiger partial charge in [-0.25, -0.2) is 4.39 Å². The van der Waals surface area contributed by atoms with Crippen LogP contribution in [0.3, 0.4) is 0 Å². The monoisotopic (exact) mass is 292 g/mol. The van der Waals surface area contributed by atoms with Gasteiger partial charge in [0, 0.05) is 12.0 Å². The molecule has 0 fully saturated rings. The van der Waals surface area contributed by atoms with Gasteiger partial charge in [0.2, 0.25) is 5.91 Å². The molecule has 0 aromatic heterocycles. The summed E-state index contributed by atoms with van der Waals surface area (Å²) in [5.74, 6) is -0.810. The van der Waals surface area contributed by atoms with Crippen LogP contribution in [0.4, 0.5) is 10.1 Å². The summed E-state index contributed by atoms with van der Waals surface area (Å²) in [6.07, 6.45) is 0.767. The van der Waals surface area contributed by atoms with Crippen molar-refractivity contribution in [3.63, 3.8) is 0 Å². The molecule has 0 unspecified atom stereocenters. The van der Waals surface area contributed by atoms with Gasteiger partial charge in [0.25, 0.3) is 0 Å². The standard InChI is InChI=1S/C12H15Cl2FN2O/c1-12(2,16)4-3-10(18)17-11-8(13)5-7(15)6-9(11)14/h5-6H,3-4,16H2,1-2H3,(H,17,18). The Morgan fingerprint density at radius 3 is 2.33 bits per heavy atom. The molecule has 18 heavy (non-hydrogen) atoms. The number of benzene rings is 1. The Bertz CT molecular complexity index is 435. The maximum Gasteiger partial charge on any atom is 0.224 e. The molecule has 3 nitrogen and oxygen atoms in total. The maximum absolute atomic E-state index is 13.0. The molecule has 1 rings (SSSR count). The minimum absolute atomic E-state index is 0.0698. The third-order valence-electron chi connectivity index (χ3n) is 2.27.